The Kier molecular flexibility index (Phi) is 3.46. The summed E-state index contributed by atoms with van der Waals surface area (Å²) in [6, 6.07) is 3.87. The maximum Gasteiger partial charge on any atom is 0.394 e. The first-order valence-electron chi connectivity index (χ1n) is 6.85. The average Bonchev–Trinajstić information content (AvgIpc) is 3.01. The fourth-order valence-corrected chi connectivity index (χ4v) is 2.98. The molecule has 0 aliphatic carbocycles. The van der Waals surface area contributed by atoms with E-state index >= 15 is 0 Å². The van der Waals surface area contributed by atoms with Gasteiger partial charge in [0.1, 0.15) is 5.82 Å². The van der Waals surface area contributed by atoms with Crippen LogP contribution in [0.4, 0.5) is 23.5 Å². The molecule has 9 heteroatoms. The number of carbonyl (C=O) groups is 1. The summed E-state index contributed by atoms with van der Waals surface area (Å²) in [5, 5.41) is 9.05. The van der Waals surface area contributed by atoms with Gasteiger partial charge in [0.25, 0.3) is 0 Å². The standard InChI is InChI=1S/C14H13F4N3O2/c1-20-11-4-7(15)2-3-10(11)19-13(20)21-5-8(12(22)23)9(6-21)14(16,17)18/h2-4,8-9H,5-6H2,1H3,(H,22,23)/t8-,9-/m1/s1. The molecule has 1 aromatic heterocycles. The second-order valence-electron chi connectivity index (χ2n) is 5.60. The van der Waals surface area contributed by atoms with Crippen LogP contribution in [0.1, 0.15) is 0 Å². The summed E-state index contributed by atoms with van der Waals surface area (Å²) in [7, 11) is 1.56. The van der Waals surface area contributed by atoms with Crippen molar-refractivity contribution < 1.29 is 27.5 Å². The van der Waals surface area contributed by atoms with Crippen molar-refractivity contribution in [1.82, 2.24) is 9.55 Å². The molecule has 5 nitrogen and oxygen atoms in total. The number of aromatic nitrogens is 2. The highest BCUT2D eigenvalue weighted by Crippen LogP contribution is 2.39. The number of carboxylic acids is 1. The van der Waals surface area contributed by atoms with Crippen LogP contribution >= 0.6 is 0 Å². The highest BCUT2D eigenvalue weighted by atomic mass is 19.4. The van der Waals surface area contributed by atoms with Crippen LogP contribution in [0.5, 0.6) is 0 Å². The van der Waals surface area contributed by atoms with Crippen LogP contribution in [0.2, 0.25) is 0 Å². The van der Waals surface area contributed by atoms with Crippen molar-refractivity contribution in [3.63, 3.8) is 0 Å². The summed E-state index contributed by atoms with van der Waals surface area (Å²) in [4.78, 5) is 16.6. The van der Waals surface area contributed by atoms with Crippen LogP contribution in [-0.2, 0) is 11.8 Å². The molecule has 1 aliphatic rings. The van der Waals surface area contributed by atoms with E-state index < -0.39 is 36.3 Å². The summed E-state index contributed by atoms with van der Waals surface area (Å²) in [6.45, 7) is -0.779. The summed E-state index contributed by atoms with van der Waals surface area (Å²) < 4.78 is 53.9. The van der Waals surface area contributed by atoms with Crippen molar-refractivity contribution >= 4 is 23.0 Å². The number of imidazole rings is 1. The van der Waals surface area contributed by atoms with Crippen molar-refractivity contribution in [3.8, 4) is 0 Å². The van der Waals surface area contributed by atoms with Gasteiger partial charge in [0, 0.05) is 20.1 Å². The van der Waals surface area contributed by atoms with E-state index in [1.165, 1.54) is 27.7 Å². The minimum absolute atomic E-state index is 0.198. The average molecular weight is 331 g/mol. The predicted octanol–water partition coefficient (Wildman–Crippen LogP) is 2.41. The Balaban J connectivity index is 2.00. The number of fused-ring (bicyclic) bond motifs is 1. The van der Waals surface area contributed by atoms with Crippen molar-refractivity contribution in [2.24, 2.45) is 18.9 Å². The maximum absolute atomic E-state index is 13.3. The lowest BCUT2D eigenvalue weighted by Gasteiger charge is -2.18. The third-order valence-electron chi connectivity index (χ3n) is 4.16. The fraction of sp³-hybridized carbons (Fsp3) is 0.429. The highest BCUT2D eigenvalue weighted by molar-refractivity contribution is 5.79. The number of hydrogen-bond donors (Lipinski definition) is 1. The molecule has 0 amide bonds. The van der Waals surface area contributed by atoms with E-state index in [2.05, 4.69) is 4.98 Å². The minimum atomic E-state index is -4.60. The van der Waals surface area contributed by atoms with Crippen LogP contribution < -0.4 is 4.90 Å². The first kappa shape index (κ1) is 15.6. The van der Waals surface area contributed by atoms with E-state index in [4.69, 9.17) is 5.11 Å². The number of anilines is 1. The Morgan fingerprint density at radius 1 is 1.35 bits per heavy atom. The number of aliphatic carboxylic acids is 1. The first-order chi connectivity index (χ1) is 10.7. The summed E-state index contributed by atoms with van der Waals surface area (Å²) in [5.74, 6) is -5.28. The van der Waals surface area contributed by atoms with Gasteiger partial charge in [-0.3, -0.25) is 4.79 Å². The van der Waals surface area contributed by atoms with E-state index in [0.717, 1.165) is 0 Å². The molecular formula is C14H13F4N3O2. The molecule has 0 unspecified atom stereocenters. The van der Waals surface area contributed by atoms with Gasteiger partial charge < -0.3 is 14.6 Å². The van der Waals surface area contributed by atoms with Crippen molar-refractivity contribution in [2.75, 3.05) is 18.0 Å². The van der Waals surface area contributed by atoms with E-state index in [1.807, 2.05) is 0 Å². The van der Waals surface area contributed by atoms with E-state index in [-0.39, 0.29) is 12.5 Å². The van der Waals surface area contributed by atoms with Crippen LogP contribution in [0.25, 0.3) is 11.0 Å². The Morgan fingerprint density at radius 2 is 2.04 bits per heavy atom. The third-order valence-corrected chi connectivity index (χ3v) is 4.16. The van der Waals surface area contributed by atoms with Gasteiger partial charge in [0.2, 0.25) is 5.95 Å². The topological polar surface area (TPSA) is 58.4 Å². The molecule has 1 aromatic carbocycles. The quantitative estimate of drug-likeness (QED) is 0.859. The van der Waals surface area contributed by atoms with Crippen LogP contribution in [0.15, 0.2) is 18.2 Å². The van der Waals surface area contributed by atoms with Gasteiger partial charge in [0.15, 0.2) is 0 Å². The molecule has 3 rings (SSSR count). The van der Waals surface area contributed by atoms with Gasteiger partial charge in [-0.2, -0.15) is 13.2 Å². The molecule has 0 radical (unpaired) electrons. The van der Waals surface area contributed by atoms with Gasteiger partial charge in [-0.15, -0.1) is 0 Å². The predicted molar refractivity (Wildman–Crippen MR) is 73.6 cm³/mol. The number of aryl methyl sites for hydroxylation is 1. The molecule has 2 aromatic rings. The Hall–Kier alpha value is -2.32. The lowest BCUT2D eigenvalue weighted by atomic mass is 9.96. The molecule has 23 heavy (non-hydrogen) atoms. The highest BCUT2D eigenvalue weighted by Gasteiger charge is 2.53. The zero-order valence-electron chi connectivity index (χ0n) is 12.0. The molecule has 1 fully saturated rings. The fourth-order valence-electron chi connectivity index (χ4n) is 2.98. The maximum atomic E-state index is 13.3. The van der Waals surface area contributed by atoms with Gasteiger partial charge in [-0.25, -0.2) is 9.37 Å². The van der Waals surface area contributed by atoms with Crippen molar-refractivity contribution in [1.29, 1.82) is 0 Å². The largest absolute Gasteiger partial charge is 0.481 e. The molecule has 124 valence electrons. The van der Waals surface area contributed by atoms with Crippen molar-refractivity contribution in [3.05, 3.63) is 24.0 Å². The molecule has 2 atom stereocenters. The lowest BCUT2D eigenvalue weighted by molar-refractivity contribution is -0.187. The van der Waals surface area contributed by atoms with E-state index in [0.29, 0.717) is 11.0 Å². The van der Waals surface area contributed by atoms with Gasteiger partial charge in [-0.1, -0.05) is 0 Å². The second-order valence-corrected chi connectivity index (χ2v) is 5.60. The smallest absolute Gasteiger partial charge is 0.394 e. The monoisotopic (exact) mass is 331 g/mol. The number of benzene rings is 1. The van der Waals surface area contributed by atoms with Crippen molar-refractivity contribution in [2.45, 2.75) is 6.18 Å². The van der Waals surface area contributed by atoms with Gasteiger partial charge in [-0.05, 0) is 18.2 Å². The van der Waals surface area contributed by atoms with E-state index in [1.54, 1.807) is 7.05 Å². The SMILES string of the molecule is Cn1c(N2C[C@@H](C(F)(F)F)[C@H](C(=O)O)C2)nc2ccc(F)cc21. The van der Waals surface area contributed by atoms with Crippen LogP contribution in [-0.4, -0.2) is 39.9 Å². The Morgan fingerprint density at radius 3 is 2.61 bits per heavy atom. The van der Waals surface area contributed by atoms with E-state index in [9.17, 15) is 22.4 Å². The Bertz CT molecular complexity index is 771. The number of alkyl halides is 3. The van der Waals surface area contributed by atoms with Crippen LogP contribution in [0, 0.1) is 17.7 Å². The lowest BCUT2D eigenvalue weighted by Crippen LogP contribution is -2.33. The molecular weight excluding hydrogens is 318 g/mol. The minimum Gasteiger partial charge on any atom is -0.481 e. The number of halogens is 4. The second kappa shape index (κ2) is 5.10. The van der Waals surface area contributed by atoms with Gasteiger partial charge >= 0.3 is 12.1 Å². The number of carboxylic acid groups (broad SMARTS) is 1. The number of hydrogen-bond acceptors (Lipinski definition) is 3. The third kappa shape index (κ3) is 2.60. The van der Waals surface area contributed by atoms with Gasteiger partial charge in [0.05, 0.1) is 22.9 Å². The molecule has 0 spiro atoms. The molecule has 0 saturated carbocycles. The molecule has 1 saturated heterocycles. The summed E-state index contributed by atoms with van der Waals surface area (Å²) in [5.41, 5.74) is 0.869. The molecule has 1 aliphatic heterocycles. The van der Waals surface area contributed by atoms with Crippen LogP contribution in [0.3, 0.4) is 0 Å². The summed E-state index contributed by atoms with van der Waals surface area (Å²) >= 11 is 0. The first-order valence-corrected chi connectivity index (χ1v) is 6.85. The molecule has 1 N–H and O–H groups in total. The number of rotatable bonds is 2. The zero-order chi connectivity index (χ0) is 16.9. The molecule has 0 bridgehead atoms. The Labute approximate surface area is 128 Å². The zero-order valence-corrected chi connectivity index (χ0v) is 12.0. The summed E-state index contributed by atoms with van der Waals surface area (Å²) in [6.07, 6.45) is -4.60. The normalized spacial score (nSPS) is 22.0. The molecule has 2 heterocycles. The number of nitrogens with zero attached hydrogens (tertiary/aromatic N) is 3.